The topological polar surface area (TPSA) is 13.6 Å². The molecule has 2 nitrogen and oxygen atoms in total. The van der Waals surface area contributed by atoms with Crippen LogP contribution in [0.4, 0.5) is 0 Å². The summed E-state index contributed by atoms with van der Waals surface area (Å²) < 4.78 is 7.79. The SMILES string of the molecule is CCc1c(-c2ccc(OC)cc2)c2cc(Cc3ccccc3)c3cccc1n32. The molecule has 0 saturated carbocycles. The number of hydrogen-bond acceptors (Lipinski definition) is 1. The average Bonchev–Trinajstić information content (AvgIpc) is 3.27. The Kier molecular flexibility index (Phi) is 4.05. The van der Waals surface area contributed by atoms with Gasteiger partial charge in [-0.25, -0.2) is 0 Å². The number of hydrogen-bond donors (Lipinski definition) is 0. The first-order chi connectivity index (χ1) is 13.8. The molecule has 0 atom stereocenters. The summed E-state index contributed by atoms with van der Waals surface area (Å²) in [4.78, 5) is 0. The van der Waals surface area contributed by atoms with Crippen molar-refractivity contribution in [3.63, 3.8) is 0 Å². The minimum Gasteiger partial charge on any atom is -0.497 e. The predicted molar refractivity (Wildman–Crippen MR) is 117 cm³/mol. The highest BCUT2D eigenvalue weighted by Crippen LogP contribution is 2.39. The average molecular weight is 365 g/mol. The highest BCUT2D eigenvalue weighted by atomic mass is 16.5. The van der Waals surface area contributed by atoms with Gasteiger partial charge in [0.25, 0.3) is 0 Å². The van der Waals surface area contributed by atoms with Crippen LogP contribution < -0.4 is 4.74 Å². The first-order valence-corrected chi connectivity index (χ1v) is 9.85. The number of aryl methyl sites for hydroxylation is 1. The van der Waals surface area contributed by atoms with Crippen LogP contribution in [-0.2, 0) is 12.8 Å². The summed E-state index contributed by atoms with van der Waals surface area (Å²) in [6.07, 6.45) is 1.96. The van der Waals surface area contributed by atoms with Crippen molar-refractivity contribution in [3.8, 4) is 16.9 Å². The number of methoxy groups -OCH3 is 1. The summed E-state index contributed by atoms with van der Waals surface area (Å²) in [5.41, 5.74) is 10.7. The minimum absolute atomic E-state index is 0.892. The lowest BCUT2D eigenvalue weighted by molar-refractivity contribution is 0.415. The largest absolute Gasteiger partial charge is 0.497 e. The molecule has 0 unspecified atom stereocenters. The van der Waals surface area contributed by atoms with E-state index in [0.717, 1.165) is 18.6 Å². The maximum absolute atomic E-state index is 5.35. The van der Waals surface area contributed by atoms with Gasteiger partial charge in [-0.1, -0.05) is 55.5 Å². The molecule has 0 fully saturated rings. The van der Waals surface area contributed by atoms with Crippen LogP contribution in [0.2, 0.25) is 0 Å². The normalized spacial score (nSPS) is 11.5. The fraction of sp³-hybridized carbons (Fsp3) is 0.154. The molecule has 138 valence electrons. The highest BCUT2D eigenvalue weighted by Gasteiger charge is 2.20. The van der Waals surface area contributed by atoms with E-state index in [2.05, 4.69) is 78.1 Å². The number of aromatic nitrogens is 1. The van der Waals surface area contributed by atoms with E-state index in [0.29, 0.717) is 0 Å². The van der Waals surface area contributed by atoms with Gasteiger partial charge in [-0.05, 0) is 65.4 Å². The van der Waals surface area contributed by atoms with E-state index in [1.165, 1.54) is 44.4 Å². The number of nitrogens with zero attached hydrogens (tertiary/aromatic N) is 1. The molecule has 5 rings (SSSR count). The molecule has 0 radical (unpaired) electrons. The summed E-state index contributed by atoms with van der Waals surface area (Å²) >= 11 is 0. The third-order valence-corrected chi connectivity index (χ3v) is 5.71. The minimum atomic E-state index is 0.892. The molecule has 0 aliphatic heterocycles. The van der Waals surface area contributed by atoms with Crippen molar-refractivity contribution >= 4 is 16.6 Å². The zero-order valence-corrected chi connectivity index (χ0v) is 16.3. The second-order valence-corrected chi connectivity index (χ2v) is 7.28. The standard InChI is InChI=1S/C26H23NO/c1-3-22-24-11-7-10-23-20(16-18-8-5-4-6-9-18)17-25(27(23)24)26(22)19-12-14-21(28-2)15-13-19/h4-15,17H,3,16H2,1-2H3. The smallest absolute Gasteiger partial charge is 0.118 e. The van der Waals surface area contributed by atoms with Crippen LogP contribution in [0, 0.1) is 0 Å². The van der Waals surface area contributed by atoms with Crippen molar-refractivity contribution in [2.45, 2.75) is 19.8 Å². The van der Waals surface area contributed by atoms with Gasteiger partial charge < -0.3 is 9.14 Å². The number of rotatable bonds is 5. The molecule has 28 heavy (non-hydrogen) atoms. The Balaban J connectivity index is 1.74. The van der Waals surface area contributed by atoms with Gasteiger partial charge in [0.2, 0.25) is 0 Å². The third kappa shape index (κ3) is 2.56. The van der Waals surface area contributed by atoms with Gasteiger partial charge in [-0.15, -0.1) is 0 Å². The van der Waals surface area contributed by atoms with Gasteiger partial charge in [0, 0.05) is 11.1 Å². The van der Waals surface area contributed by atoms with Crippen LogP contribution in [0.15, 0.2) is 78.9 Å². The number of ether oxygens (including phenoxy) is 1. The summed E-state index contributed by atoms with van der Waals surface area (Å²) in [5, 5.41) is 0. The fourth-order valence-corrected chi connectivity index (χ4v) is 4.42. The first kappa shape index (κ1) is 16.9. The molecule has 0 amide bonds. The molecule has 0 spiro atoms. The Hall–Kier alpha value is -3.26. The summed E-state index contributed by atoms with van der Waals surface area (Å²) in [7, 11) is 1.71. The molecule has 0 bridgehead atoms. The van der Waals surface area contributed by atoms with E-state index in [4.69, 9.17) is 4.74 Å². The zero-order chi connectivity index (χ0) is 19.1. The molecule has 0 aliphatic rings. The molecule has 5 aromatic rings. The molecule has 0 aliphatic carbocycles. The Morgan fingerprint density at radius 2 is 1.54 bits per heavy atom. The van der Waals surface area contributed by atoms with E-state index < -0.39 is 0 Å². The molecular weight excluding hydrogens is 342 g/mol. The second kappa shape index (κ2) is 6.72. The Bertz CT molecular complexity index is 1230. The Labute approximate surface area is 165 Å². The lowest BCUT2D eigenvalue weighted by Gasteiger charge is -2.06. The maximum atomic E-state index is 5.35. The van der Waals surface area contributed by atoms with E-state index in [9.17, 15) is 0 Å². The first-order valence-electron chi connectivity index (χ1n) is 9.85. The van der Waals surface area contributed by atoms with Crippen molar-refractivity contribution < 1.29 is 4.74 Å². The van der Waals surface area contributed by atoms with E-state index in [1.54, 1.807) is 7.11 Å². The molecular formula is C26H23NO. The number of pyridine rings is 1. The maximum Gasteiger partial charge on any atom is 0.118 e. The molecule has 2 aromatic carbocycles. The zero-order valence-electron chi connectivity index (χ0n) is 16.3. The number of benzene rings is 2. The third-order valence-electron chi connectivity index (χ3n) is 5.71. The van der Waals surface area contributed by atoms with Gasteiger partial charge in [0.15, 0.2) is 0 Å². The van der Waals surface area contributed by atoms with Gasteiger partial charge in [-0.2, -0.15) is 0 Å². The van der Waals surface area contributed by atoms with Crippen LogP contribution in [0.5, 0.6) is 5.75 Å². The van der Waals surface area contributed by atoms with Gasteiger partial charge in [0.05, 0.1) is 18.1 Å². The van der Waals surface area contributed by atoms with Crippen LogP contribution >= 0.6 is 0 Å². The van der Waals surface area contributed by atoms with Crippen molar-refractivity contribution in [1.82, 2.24) is 4.40 Å². The van der Waals surface area contributed by atoms with Gasteiger partial charge in [0.1, 0.15) is 5.75 Å². The summed E-state index contributed by atoms with van der Waals surface area (Å²) in [5.74, 6) is 0.892. The van der Waals surface area contributed by atoms with Crippen molar-refractivity contribution in [1.29, 1.82) is 0 Å². The fourth-order valence-electron chi connectivity index (χ4n) is 4.42. The summed E-state index contributed by atoms with van der Waals surface area (Å²) in [6, 6.07) is 28.2. The van der Waals surface area contributed by atoms with Gasteiger partial charge in [-0.3, -0.25) is 0 Å². The van der Waals surface area contributed by atoms with Crippen LogP contribution in [0.1, 0.15) is 23.6 Å². The van der Waals surface area contributed by atoms with E-state index in [1.807, 2.05) is 12.1 Å². The second-order valence-electron chi connectivity index (χ2n) is 7.28. The highest BCUT2D eigenvalue weighted by molar-refractivity contribution is 5.96. The summed E-state index contributed by atoms with van der Waals surface area (Å²) in [6.45, 7) is 2.25. The van der Waals surface area contributed by atoms with Crippen LogP contribution in [0.25, 0.3) is 27.7 Å². The molecule has 3 heterocycles. The monoisotopic (exact) mass is 365 g/mol. The lowest BCUT2D eigenvalue weighted by atomic mass is 9.98. The molecule has 2 heteroatoms. The lowest BCUT2D eigenvalue weighted by Crippen LogP contribution is -1.90. The van der Waals surface area contributed by atoms with Gasteiger partial charge >= 0.3 is 0 Å². The quantitative estimate of drug-likeness (QED) is 0.353. The predicted octanol–water partition coefficient (Wildman–Crippen LogP) is 6.36. The molecule has 0 saturated heterocycles. The Morgan fingerprint density at radius 3 is 2.25 bits per heavy atom. The van der Waals surface area contributed by atoms with Crippen molar-refractivity contribution in [2.24, 2.45) is 0 Å². The van der Waals surface area contributed by atoms with Crippen molar-refractivity contribution in [2.75, 3.05) is 7.11 Å². The van der Waals surface area contributed by atoms with E-state index in [-0.39, 0.29) is 0 Å². The van der Waals surface area contributed by atoms with Crippen molar-refractivity contribution in [3.05, 3.63) is 95.6 Å². The van der Waals surface area contributed by atoms with E-state index >= 15 is 0 Å². The molecule has 3 aromatic heterocycles. The Morgan fingerprint density at radius 1 is 0.786 bits per heavy atom. The van der Waals surface area contributed by atoms with Crippen LogP contribution in [0.3, 0.4) is 0 Å². The molecule has 0 N–H and O–H groups in total. The van der Waals surface area contributed by atoms with Crippen LogP contribution in [-0.4, -0.2) is 11.5 Å².